The van der Waals surface area contributed by atoms with Gasteiger partial charge in [-0.3, -0.25) is 24.1 Å². The van der Waals surface area contributed by atoms with Gasteiger partial charge >= 0.3 is 0 Å². The summed E-state index contributed by atoms with van der Waals surface area (Å²) in [5, 5.41) is 17.6. The molecule has 1 aromatic heterocycles. The Labute approximate surface area is 188 Å². The molecule has 1 aliphatic rings. The Morgan fingerprint density at radius 2 is 2.00 bits per heavy atom. The van der Waals surface area contributed by atoms with Crippen LogP contribution in [0.15, 0.2) is 29.2 Å². The van der Waals surface area contributed by atoms with Crippen molar-refractivity contribution in [1.29, 1.82) is 0 Å². The Bertz CT molecular complexity index is 1110. The summed E-state index contributed by atoms with van der Waals surface area (Å²) in [4.78, 5) is 39.7. The molecule has 0 aliphatic carbocycles. The molecule has 0 atom stereocenters. The lowest BCUT2D eigenvalue weighted by Crippen LogP contribution is -2.56. The molecular weight excluding hydrogens is 440 g/mol. The van der Waals surface area contributed by atoms with Gasteiger partial charge in [-0.25, -0.2) is 8.78 Å². The first-order valence-corrected chi connectivity index (χ1v) is 10.2. The molecule has 0 bridgehead atoms. The highest BCUT2D eigenvalue weighted by atomic mass is 19.1. The van der Waals surface area contributed by atoms with Gasteiger partial charge in [0.15, 0.2) is 11.4 Å². The Morgan fingerprint density at radius 1 is 1.24 bits per heavy atom. The van der Waals surface area contributed by atoms with Crippen molar-refractivity contribution in [3.63, 3.8) is 0 Å². The molecule has 12 heteroatoms. The van der Waals surface area contributed by atoms with E-state index in [1.165, 1.54) is 28.9 Å². The van der Waals surface area contributed by atoms with Crippen LogP contribution in [0.25, 0.3) is 0 Å². The van der Waals surface area contributed by atoms with Crippen LogP contribution in [0.3, 0.4) is 0 Å². The molecule has 0 spiro atoms. The summed E-state index contributed by atoms with van der Waals surface area (Å²) in [5.74, 6) is -3.93. The van der Waals surface area contributed by atoms with Gasteiger partial charge in [0.2, 0.25) is 5.43 Å². The molecule has 1 aromatic carbocycles. The van der Waals surface area contributed by atoms with E-state index in [2.05, 4.69) is 10.6 Å². The van der Waals surface area contributed by atoms with E-state index in [1.807, 2.05) is 0 Å². The van der Waals surface area contributed by atoms with Crippen molar-refractivity contribution >= 4 is 11.8 Å². The number of halogens is 2. The van der Waals surface area contributed by atoms with Crippen molar-refractivity contribution in [3.05, 3.63) is 63.1 Å². The maximum Gasteiger partial charge on any atom is 0.277 e. The lowest BCUT2D eigenvalue weighted by atomic mass is 10.1. The second-order valence-corrected chi connectivity index (χ2v) is 7.37. The van der Waals surface area contributed by atoms with Gasteiger partial charge in [0, 0.05) is 51.1 Å². The third-order valence-corrected chi connectivity index (χ3v) is 5.18. The van der Waals surface area contributed by atoms with Gasteiger partial charge in [0.05, 0.1) is 6.61 Å². The number of nitrogens with one attached hydrogen (secondary N) is 2. The average Bonchev–Trinajstić information content (AvgIpc) is 2.79. The third-order valence-electron chi connectivity index (χ3n) is 5.18. The standard InChI is InChI=1S/C21H25F2N5O5/c1-24-5-6-27-12-26(7-8-33-2)21(32)17-19(30)18(29)15(11-28(17)27)20(31)25-10-13-3-4-14(22)9-16(13)23/h3-4,9,11,24,30H,5-8,10,12H2,1-2H3,(H,25,31). The minimum absolute atomic E-state index is 0.0200. The predicted molar refractivity (Wildman–Crippen MR) is 115 cm³/mol. The maximum atomic E-state index is 13.8. The number of aromatic hydroxyl groups is 1. The number of pyridine rings is 1. The molecule has 2 heterocycles. The summed E-state index contributed by atoms with van der Waals surface area (Å²) in [5.41, 5.74) is -1.70. The minimum Gasteiger partial charge on any atom is -0.502 e. The van der Waals surface area contributed by atoms with E-state index in [1.54, 1.807) is 12.1 Å². The molecule has 33 heavy (non-hydrogen) atoms. The Kier molecular flexibility index (Phi) is 7.61. The molecule has 2 aromatic rings. The predicted octanol–water partition coefficient (Wildman–Crippen LogP) is -0.0208. The average molecular weight is 465 g/mol. The third kappa shape index (κ3) is 5.12. The van der Waals surface area contributed by atoms with Crippen LogP contribution in [0.5, 0.6) is 5.75 Å². The van der Waals surface area contributed by atoms with Gasteiger partial charge in [-0.15, -0.1) is 0 Å². The number of benzene rings is 1. The van der Waals surface area contributed by atoms with Crippen molar-refractivity contribution in [2.45, 2.75) is 6.54 Å². The molecule has 0 unspecified atom stereocenters. The smallest absolute Gasteiger partial charge is 0.277 e. The molecule has 1 aliphatic heterocycles. The van der Waals surface area contributed by atoms with E-state index in [0.29, 0.717) is 19.2 Å². The van der Waals surface area contributed by atoms with E-state index in [0.717, 1.165) is 6.07 Å². The van der Waals surface area contributed by atoms with Gasteiger partial charge in [0.1, 0.15) is 23.9 Å². The van der Waals surface area contributed by atoms with Gasteiger partial charge < -0.3 is 25.4 Å². The zero-order valence-electron chi connectivity index (χ0n) is 18.2. The molecule has 0 saturated heterocycles. The lowest BCUT2D eigenvalue weighted by molar-refractivity contribution is 0.0622. The highest BCUT2D eigenvalue weighted by Gasteiger charge is 2.34. The number of rotatable bonds is 9. The number of hydrogen-bond donors (Lipinski definition) is 3. The monoisotopic (exact) mass is 465 g/mol. The molecule has 0 saturated carbocycles. The number of nitrogens with zero attached hydrogens (tertiary/aromatic N) is 3. The zero-order valence-corrected chi connectivity index (χ0v) is 18.2. The van der Waals surface area contributed by atoms with Crippen molar-refractivity contribution in [2.24, 2.45) is 0 Å². The van der Waals surface area contributed by atoms with Gasteiger partial charge in [-0.2, -0.15) is 0 Å². The second kappa shape index (κ2) is 10.4. The fourth-order valence-electron chi connectivity index (χ4n) is 3.38. The van der Waals surface area contributed by atoms with Crippen LogP contribution in [-0.4, -0.2) is 73.6 Å². The summed E-state index contributed by atoms with van der Waals surface area (Å²) in [6, 6.07) is 2.90. The fraction of sp³-hybridized carbons (Fsp3) is 0.381. The first kappa shape index (κ1) is 24.1. The van der Waals surface area contributed by atoms with Gasteiger partial charge in [0.25, 0.3) is 11.8 Å². The SMILES string of the molecule is CNCCN1CN(CCOC)C(=O)c2c(O)c(=O)c(C(=O)NCc3ccc(F)cc3F)cn21. The van der Waals surface area contributed by atoms with E-state index < -0.39 is 40.2 Å². The molecular formula is C21H25F2N5O5. The van der Waals surface area contributed by atoms with Crippen LogP contribution in [0.4, 0.5) is 8.78 Å². The topological polar surface area (TPSA) is 116 Å². The highest BCUT2D eigenvalue weighted by molar-refractivity contribution is 5.99. The molecule has 2 amide bonds. The summed E-state index contributed by atoms with van der Waals surface area (Å²) in [6.45, 7) is 1.25. The quantitative estimate of drug-likeness (QED) is 0.477. The van der Waals surface area contributed by atoms with E-state index in [9.17, 15) is 28.3 Å². The summed E-state index contributed by atoms with van der Waals surface area (Å²) < 4.78 is 33.2. The van der Waals surface area contributed by atoms with Crippen molar-refractivity contribution < 1.29 is 28.2 Å². The summed E-state index contributed by atoms with van der Waals surface area (Å²) in [7, 11) is 3.24. The number of amides is 2. The number of carbonyl (C=O) groups excluding carboxylic acids is 2. The van der Waals surface area contributed by atoms with Crippen LogP contribution >= 0.6 is 0 Å². The molecule has 0 radical (unpaired) electrons. The Hall–Kier alpha value is -3.51. The van der Waals surface area contributed by atoms with Crippen LogP contribution in [0.2, 0.25) is 0 Å². The van der Waals surface area contributed by atoms with Crippen LogP contribution in [0.1, 0.15) is 26.4 Å². The minimum atomic E-state index is -1.03. The summed E-state index contributed by atoms with van der Waals surface area (Å²) >= 11 is 0. The van der Waals surface area contributed by atoms with Crippen molar-refractivity contribution in [1.82, 2.24) is 20.2 Å². The van der Waals surface area contributed by atoms with Crippen LogP contribution < -0.4 is 21.1 Å². The van der Waals surface area contributed by atoms with E-state index >= 15 is 0 Å². The zero-order chi connectivity index (χ0) is 24.1. The second-order valence-electron chi connectivity index (χ2n) is 7.37. The number of hydrogen-bond acceptors (Lipinski definition) is 7. The van der Waals surface area contributed by atoms with E-state index in [4.69, 9.17) is 4.74 Å². The number of aromatic nitrogens is 1. The Morgan fingerprint density at radius 3 is 2.67 bits per heavy atom. The summed E-state index contributed by atoms with van der Waals surface area (Å²) in [6.07, 6.45) is 1.18. The normalized spacial score (nSPS) is 13.3. The largest absolute Gasteiger partial charge is 0.502 e. The number of carbonyl (C=O) groups is 2. The number of methoxy groups -OCH3 is 1. The Balaban J connectivity index is 1.93. The van der Waals surface area contributed by atoms with Crippen molar-refractivity contribution in [3.8, 4) is 5.75 Å². The molecule has 3 N–H and O–H groups in total. The van der Waals surface area contributed by atoms with Gasteiger partial charge in [-0.05, 0) is 13.1 Å². The molecule has 3 rings (SSSR count). The molecule has 0 fully saturated rings. The van der Waals surface area contributed by atoms with E-state index in [-0.39, 0.29) is 37.6 Å². The first-order valence-electron chi connectivity index (χ1n) is 10.2. The molecule has 10 nitrogen and oxygen atoms in total. The number of ether oxygens (including phenoxy) is 1. The first-order chi connectivity index (χ1) is 15.8. The fourth-order valence-corrected chi connectivity index (χ4v) is 3.38. The highest BCUT2D eigenvalue weighted by Crippen LogP contribution is 2.21. The lowest BCUT2D eigenvalue weighted by Gasteiger charge is -2.39. The maximum absolute atomic E-state index is 13.8. The van der Waals surface area contributed by atoms with Crippen LogP contribution in [-0.2, 0) is 11.3 Å². The number of fused-ring (bicyclic) bond motifs is 1. The van der Waals surface area contributed by atoms with Crippen molar-refractivity contribution in [2.75, 3.05) is 52.1 Å². The molecule has 178 valence electrons. The number of likely N-dealkylation sites (N-methyl/N-ethyl adjacent to an activating group) is 1. The van der Waals surface area contributed by atoms with Crippen LogP contribution in [0, 0.1) is 11.6 Å². The van der Waals surface area contributed by atoms with Gasteiger partial charge in [-0.1, -0.05) is 6.07 Å².